The van der Waals surface area contributed by atoms with Gasteiger partial charge < -0.3 is 47.9 Å². The Kier molecular flexibility index (Phi) is 50.0. The highest BCUT2D eigenvalue weighted by Crippen LogP contribution is 2.25. The van der Waals surface area contributed by atoms with Crippen LogP contribution in [0.25, 0.3) is 29.0 Å². The number of nitrogens with one attached hydrogen (secondary N) is 7. The summed E-state index contributed by atoms with van der Waals surface area (Å²) in [6.45, 7) is 30.0. The number of hydrogen-bond acceptors (Lipinski definition) is 24. The molecule has 0 aromatic carbocycles. The van der Waals surface area contributed by atoms with E-state index in [2.05, 4.69) is 111 Å². The molecule has 8 aromatic rings. The minimum absolute atomic E-state index is 0.167. The van der Waals surface area contributed by atoms with Crippen LogP contribution in [-0.4, -0.2) is 141 Å². The van der Waals surface area contributed by atoms with Crippen LogP contribution >= 0.6 is 128 Å². The lowest BCUT2D eigenvalue weighted by molar-refractivity contribution is -0.141. The number of nitriles is 2. The number of carbonyl (C=O) groups is 1. The fraction of sp³-hybridized carbons (Fsp3) is 0.397. The van der Waals surface area contributed by atoms with Gasteiger partial charge >= 0.3 is 5.97 Å². The first-order valence-electron chi connectivity index (χ1n) is 31.6. The van der Waals surface area contributed by atoms with E-state index in [0.717, 1.165) is 40.9 Å². The molecule has 0 atom stereocenters. The average Bonchev–Trinajstić information content (AvgIpc) is 1.44. The number of aromatic nitrogens is 12. The number of thiocarbonyl (C=S) groups is 1. The molecule has 560 valence electrons. The van der Waals surface area contributed by atoms with E-state index in [-0.39, 0.29) is 28.5 Å². The maximum atomic E-state index is 11.5. The van der Waals surface area contributed by atoms with Gasteiger partial charge in [-0.2, -0.15) is 15.6 Å². The Morgan fingerprint density at radius 3 is 1.39 bits per heavy atom. The van der Waals surface area contributed by atoms with Gasteiger partial charge in [-0.15, -0.1) is 16.9 Å². The van der Waals surface area contributed by atoms with Crippen molar-refractivity contribution in [3.63, 3.8) is 0 Å². The summed E-state index contributed by atoms with van der Waals surface area (Å²) < 4.78 is 6.44. The summed E-state index contributed by atoms with van der Waals surface area (Å²) in [5, 5.41) is 62.3. The van der Waals surface area contributed by atoms with Crippen LogP contribution in [0.2, 0.25) is 36.1 Å². The number of esters is 1. The van der Waals surface area contributed by atoms with Crippen LogP contribution in [0.15, 0.2) is 91.5 Å². The number of halogens is 8. The van der Waals surface area contributed by atoms with E-state index in [1.165, 1.54) is 59.6 Å². The zero-order valence-corrected chi connectivity index (χ0v) is 69.6. The standard InChI is InChI=1S/C16H20ClN5O2.C10H12ClN5.C10H14ClN3S.C9H12ClN3S.C9H10ClN3.C6H2Cl2N2.C4H10O.C3H9N.CH3I/c1-10(2)19-14-8-12(7-13(17)20-14)16-18-9-22(21-16)6-5-15(23)24-11(3)4;1-6(2)14-9-4-7(3-8(11)15-9)10-12-5-13-16-10;1-6(2)13-9-5-7(10(12)15-3)4-8(11)14-9;1-5(2)12-8-4-6(9(11)14)3-7(10)13-8;1-6(2)12-9-4-7(5-11)3-8(10)13-9;7-5-1-4(3-9)2-6(8)10-5;1-2-3-4-5;1-3(2)4;1-2/h5-11H,1-4H3,(H,19,20);3-6H,1-2H3,(H,14,15)(H,12,13,16);4-6,12H,1-3H3,(H,13,14);3-5H,1-2H3,(H2,11,14)(H,12,13);3-4,6H,1-2H3,(H,12,13);1-2H;5H,2-4H2,1H3;3H,4H2,1-2H3;1H3/b6-5-;;;;;;;;. The maximum Gasteiger partial charge on any atom is 0.332 e. The van der Waals surface area contributed by atoms with E-state index in [0.29, 0.717) is 113 Å². The second-order valence-corrected chi connectivity index (χ2v) is 26.9. The van der Waals surface area contributed by atoms with Gasteiger partial charge in [0, 0.05) is 71.3 Å². The Balaban J connectivity index is 0.00000120. The van der Waals surface area contributed by atoms with E-state index in [4.69, 9.17) is 131 Å². The molecular weight excluding hydrogens is 1610 g/mol. The molecule has 0 aliphatic heterocycles. The SMILES string of the molecule is CC(C)N.CC(C)Nc1cc(-c2ncn(/C=C\C(=O)OC(C)C)n2)cc(Cl)n1.CC(C)Nc1cc(-c2ncn[nH]2)cc(Cl)n1.CC(C)Nc1cc(C#N)cc(Cl)n1.CC(C)Nc1cc(C(N)=S)cc(Cl)n1.CCCCO.CI.CSC(=N)c1cc(Cl)nc(NC(C)C)c1.N#Cc1cc(Cl)nc(Cl)c1. The van der Waals surface area contributed by atoms with Crippen LogP contribution in [-0.2, 0) is 9.53 Å². The number of hydrogen-bond donors (Lipinski definition) is 10. The quantitative estimate of drug-likeness (QED) is 0.00525. The fourth-order valence-corrected chi connectivity index (χ4v) is 8.95. The van der Waals surface area contributed by atoms with E-state index in [1.807, 2.05) is 125 Å². The number of rotatable bonds is 19. The smallest absolute Gasteiger partial charge is 0.332 e. The van der Waals surface area contributed by atoms with Gasteiger partial charge in [0.2, 0.25) is 0 Å². The van der Waals surface area contributed by atoms with Crippen molar-refractivity contribution < 1.29 is 14.6 Å². The van der Waals surface area contributed by atoms with Crippen molar-refractivity contribution >= 4 is 179 Å². The molecule has 0 aliphatic carbocycles. The average molecular weight is 1700 g/mol. The van der Waals surface area contributed by atoms with Crippen molar-refractivity contribution in [2.75, 3.05) is 44.4 Å². The van der Waals surface area contributed by atoms with Crippen LogP contribution in [0.3, 0.4) is 0 Å². The number of aliphatic hydroxyl groups is 1. The predicted molar refractivity (Wildman–Crippen MR) is 442 cm³/mol. The maximum absolute atomic E-state index is 11.5. The van der Waals surface area contributed by atoms with Crippen molar-refractivity contribution in [3.8, 4) is 34.9 Å². The fourth-order valence-electron chi connectivity index (χ4n) is 6.97. The molecule has 0 saturated carbocycles. The predicted octanol–water partition coefficient (Wildman–Crippen LogP) is 17.9. The Bertz CT molecular complexity index is 3910. The minimum Gasteiger partial charge on any atom is -0.460 e. The number of alkyl halides is 1. The lowest BCUT2D eigenvalue weighted by Gasteiger charge is -2.10. The molecule has 0 aliphatic rings. The topological polar surface area (TPSA) is 380 Å². The Morgan fingerprint density at radius 2 is 1.01 bits per heavy atom. The number of pyridine rings is 6. The highest BCUT2D eigenvalue weighted by Gasteiger charge is 2.12. The number of unbranched alkanes of at least 4 members (excludes halogenated alkanes) is 1. The molecule has 35 heteroatoms. The third kappa shape index (κ3) is 45.7. The normalized spacial score (nSPS) is 10.2. The third-order valence-corrected chi connectivity index (χ3v) is 12.8. The summed E-state index contributed by atoms with van der Waals surface area (Å²) >= 11 is 48.7. The summed E-state index contributed by atoms with van der Waals surface area (Å²) in [7, 11) is 0. The van der Waals surface area contributed by atoms with Gasteiger partial charge in [0.1, 0.15) is 82.8 Å². The minimum atomic E-state index is -0.433. The van der Waals surface area contributed by atoms with E-state index < -0.39 is 5.97 Å². The van der Waals surface area contributed by atoms with Crippen LogP contribution in [0, 0.1) is 28.1 Å². The highest BCUT2D eigenvalue weighted by atomic mass is 127. The lowest BCUT2D eigenvalue weighted by atomic mass is 10.2. The summed E-state index contributed by atoms with van der Waals surface area (Å²) in [5.41, 5.74) is 14.7. The number of ether oxygens (including phenoxy) is 1. The summed E-state index contributed by atoms with van der Waals surface area (Å²) in [5.74, 6) is 4.15. The number of H-pyrrole nitrogens is 1. The second-order valence-electron chi connectivity index (χ2n) is 22.9. The molecule has 8 rings (SSSR count). The largest absolute Gasteiger partial charge is 0.460 e. The van der Waals surface area contributed by atoms with Crippen molar-refractivity contribution in [1.82, 2.24) is 59.8 Å². The van der Waals surface area contributed by atoms with Crippen molar-refractivity contribution in [2.45, 2.75) is 159 Å². The number of thioether (sulfide) groups is 1. The third-order valence-electron chi connectivity index (χ3n) is 10.6. The Hall–Kier alpha value is -7.04. The second kappa shape index (κ2) is 53.7. The van der Waals surface area contributed by atoms with E-state index >= 15 is 0 Å². The molecule has 25 nitrogen and oxygen atoms in total. The first-order valence-corrected chi connectivity index (χ1v) is 38.1. The number of nitrogens with two attached hydrogens (primary N) is 2. The van der Waals surface area contributed by atoms with E-state index in [9.17, 15) is 4.79 Å². The zero-order valence-electron chi connectivity index (χ0n) is 60.5. The van der Waals surface area contributed by atoms with Gasteiger partial charge in [-0.05, 0) is 180 Å². The molecule has 0 radical (unpaired) electrons. The molecule has 8 heterocycles. The Morgan fingerprint density at radius 1 is 0.631 bits per heavy atom. The number of aliphatic hydroxyl groups excluding tert-OH is 1. The lowest BCUT2D eigenvalue weighted by Crippen LogP contribution is -2.14. The Labute approximate surface area is 663 Å². The highest BCUT2D eigenvalue weighted by molar-refractivity contribution is 14.1. The molecule has 0 bridgehead atoms. The number of nitrogens with zero attached hydrogens (tertiary/aromatic N) is 13. The first kappa shape index (κ1) is 96.0. The van der Waals surface area contributed by atoms with Crippen LogP contribution in [0.4, 0.5) is 29.1 Å². The van der Waals surface area contributed by atoms with Crippen LogP contribution in [0.1, 0.15) is 139 Å². The molecule has 0 unspecified atom stereocenters. The van der Waals surface area contributed by atoms with Crippen molar-refractivity contribution in [1.29, 1.82) is 15.9 Å². The molecule has 0 amide bonds. The molecular formula is C68H92Cl7IN22O3S2. The van der Waals surface area contributed by atoms with Crippen molar-refractivity contribution in [3.05, 3.63) is 150 Å². The summed E-state index contributed by atoms with van der Waals surface area (Å²) in [4.78, 5) is 46.4. The van der Waals surface area contributed by atoms with Gasteiger partial charge in [-0.25, -0.2) is 49.3 Å². The van der Waals surface area contributed by atoms with Gasteiger partial charge in [0.25, 0.3) is 0 Å². The number of carbonyl (C=O) groups excluding carboxylic acids is 1. The van der Waals surface area contributed by atoms with Crippen LogP contribution < -0.4 is 38.1 Å². The number of anilines is 5. The first-order chi connectivity index (χ1) is 48.5. The molecule has 8 aromatic heterocycles. The molecule has 103 heavy (non-hydrogen) atoms. The van der Waals surface area contributed by atoms with Gasteiger partial charge in [0.05, 0.1) is 34.4 Å². The molecule has 0 spiro atoms. The summed E-state index contributed by atoms with van der Waals surface area (Å²) in [6, 6.07) is 25.9. The summed E-state index contributed by atoms with van der Waals surface area (Å²) in [6.07, 6.45) is 9.47. The van der Waals surface area contributed by atoms with Gasteiger partial charge in [-0.1, -0.05) is 143 Å². The molecule has 0 fully saturated rings. The van der Waals surface area contributed by atoms with Gasteiger partial charge in [-0.3, -0.25) is 10.5 Å². The molecule has 12 N–H and O–H groups in total. The van der Waals surface area contributed by atoms with Crippen LogP contribution in [0.5, 0.6) is 0 Å². The zero-order chi connectivity index (χ0) is 78.5. The number of aromatic amines is 1. The molecule has 0 saturated heterocycles. The van der Waals surface area contributed by atoms with Crippen molar-refractivity contribution in [2.24, 2.45) is 11.5 Å². The van der Waals surface area contributed by atoms with Gasteiger partial charge in [0.15, 0.2) is 11.6 Å². The monoisotopic (exact) mass is 1700 g/mol. The van der Waals surface area contributed by atoms with E-state index in [1.54, 1.807) is 50.2 Å².